The van der Waals surface area contributed by atoms with Crippen LogP contribution >= 0.6 is 0 Å². The van der Waals surface area contributed by atoms with Crippen LogP contribution in [-0.2, 0) is 29.1 Å². The molecule has 3 N–H and O–H groups in total. The highest BCUT2D eigenvalue weighted by molar-refractivity contribution is 7.91. The molecule has 7 atom stereocenters. The maximum absolute atomic E-state index is 14.8. The number of alkyl carbamates (subject to hydrolysis) is 1. The van der Waals surface area contributed by atoms with E-state index in [2.05, 4.69) is 20.3 Å². The molecule has 7 unspecified atom stereocenters. The average molecular weight is 836 g/mol. The third-order valence-corrected chi connectivity index (χ3v) is 14.2. The number of hydrogen-bond acceptors (Lipinski definition) is 10. The first-order valence-electron chi connectivity index (χ1n) is 19.6. The summed E-state index contributed by atoms with van der Waals surface area (Å²) < 4.78 is 85.3. The van der Waals surface area contributed by atoms with E-state index in [1.807, 2.05) is 13.0 Å². The number of rotatable bonds is 9. The number of pyridine rings is 1. The molecule has 2 aromatic rings. The Hall–Kier alpha value is -4.61. The lowest BCUT2D eigenvalue weighted by atomic mass is 9.85. The van der Waals surface area contributed by atoms with Gasteiger partial charge in [-0.2, -0.15) is 13.2 Å². The number of ether oxygens (including phenoxy) is 3. The standard InChI is InChI=1S/C40H52F3N5O9S/c1-7-24-16-23(2)10-8-9-11-26-20-39(26,35(51)47-58(53,54)38(5)14-15-38)46-33(49)31-19-29(56-28-18-25-17-27(55-6)12-13-30(25)44-21-28)22-48(31)34(50)32(24)45-36(52)57-37(3,4)40(41,42)43/h9,11-13,17-18,21,23-24,26,29,31-32H,7-8,10,14-16,19-20,22H2,1-6H3,(H,45,52)(H,46,49)(H,47,51). The first-order valence-corrected chi connectivity index (χ1v) is 21.1. The number of hydrogen-bond donors (Lipinski definition) is 3. The number of benzene rings is 1. The smallest absolute Gasteiger partial charge is 0.427 e. The minimum Gasteiger partial charge on any atom is -0.497 e. The van der Waals surface area contributed by atoms with Gasteiger partial charge in [-0.15, -0.1) is 0 Å². The van der Waals surface area contributed by atoms with Crippen LogP contribution in [-0.4, -0.2) is 96.0 Å². The van der Waals surface area contributed by atoms with Crippen molar-refractivity contribution in [3.8, 4) is 11.5 Å². The van der Waals surface area contributed by atoms with Crippen LogP contribution in [0, 0.1) is 17.8 Å². The molecule has 3 fully saturated rings. The van der Waals surface area contributed by atoms with Gasteiger partial charge < -0.3 is 29.7 Å². The zero-order valence-electron chi connectivity index (χ0n) is 33.5. The number of halogens is 3. The molecule has 1 aromatic heterocycles. The molecule has 2 saturated carbocycles. The van der Waals surface area contributed by atoms with Crippen LogP contribution in [0.3, 0.4) is 0 Å². The number of allylic oxidation sites excluding steroid dienone is 1. The molecule has 0 radical (unpaired) electrons. The predicted molar refractivity (Wildman–Crippen MR) is 206 cm³/mol. The number of amides is 4. The Labute approximate surface area is 336 Å². The topological polar surface area (TPSA) is 182 Å². The fraction of sp³-hybridized carbons (Fsp3) is 0.625. The van der Waals surface area contributed by atoms with Crippen molar-refractivity contribution in [3.05, 3.63) is 42.6 Å². The van der Waals surface area contributed by atoms with Gasteiger partial charge in [0.05, 0.1) is 30.1 Å². The molecule has 6 rings (SSSR count). The van der Waals surface area contributed by atoms with E-state index in [-0.39, 0.29) is 25.3 Å². The van der Waals surface area contributed by atoms with E-state index in [1.54, 1.807) is 44.2 Å². The summed E-state index contributed by atoms with van der Waals surface area (Å²) in [6.45, 7) is 6.51. The molecule has 2 aliphatic heterocycles. The second-order valence-corrected chi connectivity index (χ2v) is 19.1. The number of nitrogens with one attached hydrogen (secondary N) is 3. The van der Waals surface area contributed by atoms with Crippen LogP contribution in [0.5, 0.6) is 11.5 Å². The van der Waals surface area contributed by atoms with Crippen LogP contribution < -0.4 is 24.8 Å². The number of alkyl halides is 3. The van der Waals surface area contributed by atoms with Crippen molar-refractivity contribution in [1.82, 2.24) is 25.2 Å². The Bertz CT molecular complexity index is 2070. The number of carbonyl (C=O) groups excluding carboxylic acids is 4. The molecule has 0 bridgehead atoms. The van der Waals surface area contributed by atoms with E-state index in [0.717, 1.165) is 0 Å². The van der Waals surface area contributed by atoms with Gasteiger partial charge in [0.25, 0.3) is 5.91 Å². The zero-order valence-corrected chi connectivity index (χ0v) is 34.3. The summed E-state index contributed by atoms with van der Waals surface area (Å²) in [5, 5.41) is 5.93. The lowest BCUT2D eigenvalue weighted by Crippen LogP contribution is -2.60. The van der Waals surface area contributed by atoms with E-state index >= 15 is 0 Å². The van der Waals surface area contributed by atoms with E-state index < -0.39 is 85.9 Å². The van der Waals surface area contributed by atoms with Gasteiger partial charge in [-0.3, -0.25) is 24.1 Å². The molecule has 0 spiro atoms. The maximum Gasteiger partial charge on any atom is 0.427 e. The molecular formula is C40H52F3N5O9S. The maximum atomic E-state index is 14.8. The van der Waals surface area contributed by atoms with Crippen molar-refractivity contribution < 1.29 is 55.0 Å². The molecule has 1 aromatic carbocycles. The van der Waals surface area contributed by atoms with Gasteiger partial charge in [-0.25, -0.2) is 13.2 Å². The summed E-state index contributed by atoms with van der Waals surface area (Å²) in [7, 11) is -2.55. The number of fused-ring (bicyclic) bond motifs is 3. The first kappa shape index (κ1) is 43.0. The Morgan fingerprint density at radius 1 is 1.10 bits per heavy atom. The summed E-state index contributed by atoms with van der Waals surface area (Å²) >= 11 is 0. The fourth-order valence-corrected chi connectivity index (χ4v) is 9.05. The van der Waals surface area contributed by atoms with E-state index in [0.29, 0.717) is 74.8 Å². The van der Waals surface area contributed by atoms with Crippen LogP contribution in [0.2, 0.25) is 0 Å². The van der Waals surface area contributed by atoms with Gasteiger partial charge in [0.1, 0.15) is 35.2 Å². The molecule has 4 aliphatic rings. The fourth-order valence-electron chi connectivity index (χ4n) is 7.73. The Morgan fingerprint density at radius 3 is 2.47 bits per heavy atom. The highest BCUT2D eigenvalue weighted by Gasteiger charge is 2.63. The van der Waals surface area contributed by atoms with Crippen molar-refractivity contribution in [2.75, 3.05) is 13.7 Å². The monoisotopic (exact) mass is 835 g/mol. The largest absolute Gasteiger partial charge is 0.497 e. The van der Waals surface area contributed by atoms with Gasteiger partial charge in [0.15, 0.2) is 0 Å². The number of sulfonamides is 1. The number of aromatic nitrogens is 1. The summed E-state index contributed by atoms with van der Waals surface area (Å²) in [6, 6.07) is 4.30. The molecule has 318 valence electrons. The van der Waals surface area contributed by atoms with E-state index in [4.69, 9.17) is 14.2 Å². The lowest BCUT2D eigenvalue weighted by Gasteiger charge is -2.35. The Morgan fingerprint density at radius 2 is 1.81 bits per heavy atom. The molecule has 2 aliphatic carbocycles. The lowest BCUT2D eigenvalue weighted by molar-refractivity contribution is -0.244. The zero-order chi connectivity index (χ0) is 42.4. The minimum absolute atomic E-state index is 0.0274. The van der Waals surface area contributed by atoms with Gasteiger partial charge in [-0.05, 0) is 95.4 Å². The highest BCUT2D eigenvalue weighted by atomic mass is 32.2. The van der Waals surface area contributed by atoms with Crippen molar-refractivity contribution in [2.24, 2.45) is 17.8 Å². The van der Waals surface area contributed by atoms with Crippen molar-refractivity contribution >= 4 is 44.7 Å². The molecule has 58 heavy (non-hydrogen) atoms. The van der Waals surface area contributed by atoms with Crippen LogP contribution in [0.4, 0.5) is 18.0 Å². The minimum atomic E-state index is -4.91. The summed E-state index contributed by atoms with van der Waals surface area (Å²) in [5.74, 6) is -2.65. The van der Waals surface area contributed by atoms with Gasteiger partial charge in [-0.1, -0.05) is 32.4 Å². The number of nitrogens with zero attached hydrogens (tertiary/aromatic N) is 2. The second kappa shape index (κ2) is 15.9. The van der Waals surface area contributed by atoms with Crippen LogP contribution in [0.1, 0.15) is 86.0 Å². The molecule has 4 amide bonds. The predicted octanol–water partition coefficient (Wildman–Crippen LogP) is 5.30. The van der Waals surface area contributed by atoms with Crippen molar-refractivity contribution in [2.45, 2.75) is 126 Å². The van der Waals surface area contributed by atoms with Crippen molar-refractivity contribution in [1.29, 1.82) is 0 Å². The highest BCUT2D eigenvalue weighted by Crippen LogP contribution is 2.48. The molecule has 14 nitrogen and oxygen atoms in total. The number of methoxy groups -OCH3 is 1. The average Bonchev–Trinajstić information content (AvgIpc) is 4.03. The summed E-state index contributed by atoms with van der Waals surface area (Å²) in [4.78, 5) is 62.1. The van der Waals surface area contributed by atoms with Gasteiger partial charge in [0.2, 0.25) is 27.4 Å². The second-order valence-electron chi connectivity index (χ2n) is 16.9. The molecule has 18 heteroatoms. The quantitative estimate of drug-likeness (QED) is 0.281. The van der Waals surface area contributed by atoms with Gasteiger partial charge in [0, 0.05) is 17.7 Å². The summed E-state index contributed by atoms with van der Waals surface area (Å²) in [6.07, 6.45) is 0.658. The first-order chi connectivity index (χ1) is 27.1. The van der Waals surface area contributed by atoms with Crippen LogP contribution in [0.15, 0.2) is 42.6 Å². The Balaban J connectivity index is 1.35. The third kappa shape index (κ3) is 8.86. The summed E-state index contributed by atoms with van der Waals surface area (Å²) in [5.41, 5.74) is -3.86. The molecule has 1 saturated heterocycles. The van der Waals surface area contributed by atoms with Gasteiger partial charge >= 0.3 is 12.3 Å². The molecular weight excluding hydrogens is 784 g/mol. The van der Waals surface area contributed by atoms with Crippen LogP contribution in [0.25, 0.3) is 10.9 Å². The van der Waals surface area contributed by atoms with E-state index in [1.165, 1.54) is 18.2 Å². The normalized spacial score (nSPS) is 28.9. The Kier molecular flexibility index (Phi) is 11.8. The van der Waals surface area contributed by atoms with Crippen molar-refractivity contribution in [3.63, 3.8) is 0 Å². The number of carbonyl (C=O) groups is 4. The third-order valence-electron chi connectivity index (χ3n) is 12.1. The van der Waals surface area contributed by atoms with E-state index in [9.17, 15) is 40.8 Å². The SMILES string of the molecule is CCC1CC(C)CCC=CC2CC2(C(=O)NS(=O)(=O)C2(C)CC2)NC(=O)C2CC(Oc3cnc4ccc(OC)cc4c3)CN2C(=O)C1NC(=O)OC(C)(C)C(F)(F)F. The molecule has 3 heterocycles.